The van der Waals surface area contributed by atoms with Gasteiger partial charge in [0.2, 0.25) is 10.0 Å². The van der Waals surface area contributed by atoms with Gasteiger partial charge in [0.1, 0.15) is 0 Å². The molecule has 1 fully saturated rings. The summed E-state index contributed by atoms with van der Waals surface area (Å²) >= 11 is 3.40. The number of nitrogens with one attached hydrogen (secondary N) is 1. The lowest BCUT2D eigenvalue weighted by Crippen LogP contribution is -2.31. The highest BCUT2D eigenvalue weighted by Crippen LogP contribution is 2.26. The van der Waals surface area contributed by atoms with Crippen LogP contribution in [-0.4, -0.2) is 40.0 Å². The van der Waals surface area contributed by atoms with Crippen LogP contribution in [0, 0.1) is 12.8 Å². The molecule has 0 aromatic heterocycles. The summed E-state index contributed by atoms with van der Waals surface area (Å²) in [7, 11) is -1.45. The van der Waals surface area contributed by atoms with Crippen LogP contribution in [0.3, 0.4) is 0 Å². The van der Waals surface area contributed by atoms with E-state index < -0.39 is 10.0 Å². The van der Waals surface area contributed by atoms with E-state index in [4.69, 9.17) is 5.73 Å². The van der Waals surface area contributed by atoms with Gasteiger partial charge in [-0.05, 0) is 56.1 Å². The van der Waals surface area contributed by atoms with E-state index in [9.17, 15) is 8.42 Å². The zero-order chi connectivity index (χ0) is 15.6. The molecule has 1 aromatic rings. The van der Waals surface area contributed by atoms with Crippen LogP contribution in [0.1, 0.15) is 17.5 Å². The molecule has 0 amide bonds. The predicted octanol–water partition coefficient (Wildman–Crippen LogP) is 1.45. The van der Waals surface area contributed by atoms with Crippen LogP contribution in [0.4, 0.5) is 0 Å². The first-order valence-electron chi connectivity index (χ1n) is 7.01. The number of nitrogens with two attached hydrogens (primary N) is 1. The molecule has 0 aliphatic carbocycles. The Morgan fingerprint density at radius 1 is 1.48 bits per heavy atom. The number of rotatable bonds is 5. The maximum absolute atomic E-state index is 12.5. The van der Waals surface area contributed by atoms with Crippen molar-refractivity contribution in [2.45, 2.75) is 24.8 Å². The predicted molar refractivity (Wildman–Crippen MR) is 87.6 cm³/mol. The number of nitrogens with zero attached hydrogens (tertiary/aromatic N) is 1. The summed E-state index contributed by atoms with van der Waals surface area (Å²) in [6.45, 7) is 4.56. The summed E-state index contributed by atoms with van der Waals surface area (Å²) in [5, 5.41) is 0. The van der Waals surface area contributed by atoms with E-state index in [2.05, 4.69) is 32.6 Å². The fourth-order valence-corrected chi connectivity index (χ4v) is 4.67. The maximum atomic E-state index is 12.5. The molecule has 1 aliphatic rings. The Labute approximate surface area is 135 Å². The fraction of sp³-hybridized carbons (Fsp3) is 0.571. The minimum atomic E-state index is -3.51. The Hall–Kier alpha value is -0.470. The minimum absolute atomic E-state index is 0.309. The molecule has 0 bridgehead atoms. The highest BCUT2D eigenvalue weighted by Gasteiger charge is 2.24. The molecular weight excluding hydrogens is 354 g/mol. The van der Waals surface area contributed by atoms with Gasteiger partial charge in [-0.25, -0.2) is 13.1 Å². The van der Waals surface area contributed by atoms with E-state index in [1.807, 2.05) is 6.07 Å². The Bertz CT molecular complexity index is 619. The lowest BCUT2D eigenvalue weighted by Gasteiger charge is -2.15. The number of hydrogen-bond donors (Lipinski definition) is 2. The summed E-state index contributed by atoms with van der Waals surface area (Å²) in [4.78, 5) is 2.53. The normalized spacial score (nSPS) is 20.1. The smallest absolute Gasteiger partial charge is 0.240 e. The van der Waals surface area contributed by atoms with Gasteiger partial charge < -0.3 is 10.6 Å². The molecule has 0 spiro atoms. The third kappa shape index (κ3) is 4.04. The molecular formula is C14H22BrN3O2S. The van der Waals surface area contributed by atoms with Gasteiger partial charge >= 0.3 is 0 Å². The quantitative estimate of drug-likeness (QED) is 0.816. The molecule has 3 N–H and O–H groups in total. The second-order valence-corrected chi connectivity index (χ2v) is 8.26. The van der Waals surface area contributed by atoms with Gasteiger partial charge in [0.25, 0.3) is 0 Å². The molecule has 0 saturated carbocycles. The van der Waals surface area contributed by atoms with Gasteiger partial charge in [-0.15, -0.1) is 0 Å². The van der Waals surface area contributed by atoms with E-state index >= 15 is 0 Å². The first-order valence-corrected chi connectivity index (χ1v) is 9.28. The van der Waals surface area contributed by atoms with Gasteiger partial charge in [-0.2, -0.15) is 0 Å². The first kappa shape index (κ1) is 16.9. The van der Waals surface area contributed by atoms with Crippen LogP contribution in [-0.2, 0) is 16.6 Å². The first-order chi connectivity index (χ1) is 9.83. The lowest BCUT2D eigenvalue weighted by atomic mass is 10.1. The summed E-state index contributed by atoms with van der Waals surface area (Å²) in [6, 6.07) is 3.52. The van der Waals surface area contributed by atoms with Crippen LogP contribution < -0.4 is 10.5 Å². The molecule has 1 unspecified atom stereocenters. The maximum Gasteiger partial charge on any atom is 0.240 e. The van der Waals surface area contributed by atoms with Crippen molar-refractivity contribution < 1.29 is 8.42 Å². The summed E-state index contributed by atoms with van der Waals surface area (Å²) in [6.07, 6.45) is 1.03. The highest BCUT2D eigenvalue weighted by molar-refractivity contribution is 9.10. The molecule has 1 saturated heterocycles. The average Bonchev–Trinajstić information content (AvgIpc) is 2.85. The van der Waals surface area contributed by atoms with Crippen LogP contribution >= 0.6 is 15.9 Å². The largest absolute Gasteiger partial charge is 0.326 e. The summed E-state index contributed by atoms with van der Waals surface area (Å²) < 4.78 is 28.6. The van der Waals surface area contributed by atoms with E-state index in [-0.39, 0.29) is 0 Å². The Morgan fingerprint density at radius 2 is 2.19 bits per heavy atom. The van der Waals surface area contributed by atoms with E-state index in [0.29, 0.717) is 29.5 Å². The van der Waals surface area contributed by atoms with Gasteiger partial charge in [0.05, 0.1) is 4.90 Å². The number of sulfonamides is 1. The van der Waals surface area contributed by atoms with Crippen molar-refractivity contribution >= 4 is 26.0 Å². The second-order valence-electron chi connectivity index (χ2n) is 5.67. The molecule has 1 atom stereocenters. The topological polar surface area (TPSA) is 75.4 Å². The number of halogens is 1. The molecule has 0 radical (unpaired) electrons. The average molecular weight is 376 g/mol. The molecule has 1 aliphatic heterocycles. The summed E-state index contributed by atoms with van der Waals surface area (Å²) in [5.41, 5.74) is 7.14. The van der Waals surface area contributed by atoms with Crippen LogP contribution in [0.2, 0.25) is 0 Å². The van der Waals surface area contributed by atoms with Crippen molar-refractivity contribution in [3.05, 3.63) is 27.7 Å². The molecule has 2 rings (SSSR count). The van der Waals surface area contributed by atoms with Crippen molar-refractivity contribution in [3.63, 3.8) is 0 Å². The SMILES string of the molecule is Cc1c(Br)cc(CN)cc1S(=O)(=O)NCC1CCN(C)C1. The van der Waals surface area contributed by atoms with Crippen LogP contribution in [0.15, 0.2) is 21.5 Å². The molecule has 1 aromatic carbocycles. The lowest BCUT2D eigenvalue weighted by molar-refractivity contribution is 0.394. The Morgan fingerprint density at radius 3 is 2.76 bits per heavy atom. The van der Waals surface area contributed by atoms with E-state index in [1.165, 1.54) is 0 Å². The number of likely N-dealkylation sites (tertiary alicyclic amines) is 1. The molecule has 7 heteroatoms. The highest BCUT2D eigenvalue weighted by atomic mass is 79.9. The van der Waals surface area contributed by atoms with E-state index in [0.717, 1.165) is 29.5 Å². The molecule has 1 heterocycles. The second kappa shape index (κ2) is 6.75. The number of benzene rings is 1. The van der Waals surface area contributed by atoms with Gasteiger partial charge in [0.15, 0.2) is 0 Å². The van der Waals surface area contributed by atoms with Crippen LogP contribution in [0.5, 0.6) is 0 Å². The Balaban J connectivity index is 2.17. The van der Waals surface area contributed by atoms with Crippen molar-refractivity contribution in [1.82, 2.24) is 9.62 Å². The van der Waals surface area contributed by atoms with Crippen LogP contribution in [0.25, 0.3) is 0 Å². The fourth-order valence-electron chi connectivity index (χ4n) is 2.60. The zero-order valence-electron chi connectivity index (χ0n) is 12.4. The standard InChI is InChI=1S/C14H22BrN3O2S/c1-10-13(15)5-12(7-16)6-14(10)21(19,20)17-8-11-3-4-18(2)9-11/h5-6,11,17H,3-4,7-9,16H2,1-2H3. The monoisotopic (exact) mass is 375 g/mol. The third-order valence-corrected chi connectivity index (χ3v) is 6.31. The van der Waals surface area contributed by atoms with E-state index in [1.54, 1.807) is 13.0 Å². The minimum Gasteiger partial charge on any atom is -0.326 e. The molecule has 5 nitrogen and oxygen atoms in total. The van der Waals surface area contributed by atoms with Gasteiger partial charge in [-0.3, -0.25) is 0 Å². The van der Waals surface area contributed by atoms with Crippen molar-refractivity contribution in [1.29, 1.82) is 0 Å². The number of hydrogen-bond acceptors (Lipinski definition) is 4. The molecule has 118 valence electrons. The molecule has 21 heavy (non-hydrogen) atoms. The Kier molecular flexibility index (Phi) is 5.43. The van der Waals surface area contributed by atoms with Gasteiger partial charge in [0, 0.05) is 24.1 Å². The van der Waals surface area contributed by atoms with Crippen molar-refractivity contribution in [2.24, 2.45) is 11.7 Å². The zero-order valence-corrected chi connectivity index (χ0v) is 14.8. The van der Waals surface area contributed by atoms with Crippen molar-refractivity contribution in [2.75, 3.05) is 26.7 Å². The third-order valence-electron chi connectivity index (χ3n) is 3.93. The summed E-state index contributed by atoms with van der Waals surface area (Å²) in [5.74, 6) is 0.381. The van der Waals surface area contributed by atoms with Crippen molar-refractivity contribution in [3.8, 4) is 0 Å². The van der Waals surface area contributed by atoms with Gasteiger partial charge in [-0.1, -0.05) is 15.9 Å².